The lowest BCUT2D eigenvalue weighted by Gasteiger charge is -1.96. The molecule has 0 aliphatic carbocycles. The van der Waals surface area contributed by atoms with Crippen molar-refractivity contribution in [2.75, 3.05) is 6.54 Å². The Kier molecular flexibility index (Phi) is 3.27. The Morgan fingerprint density at radius 1 is 1.70 bits per heavy atom. The number of amidine groups is 1. The SMILES string of the molecule is CCN=C(C)NS(=O)(=O)F. The predicted octanol–water partition coefficient (Wildman–Crippen LogP) is 0.229. The Morgan fingerprint density at radius 3 is 2.50 bits per heavy atom. The van der Waals surface area contributed by atoms with E-state index in [2.05, 4.69) is 4.99 Å². The number of nitrogens with zero attached hydrogens (tertiary/aromatic N) is 1. The van der Waals surface area contributed by atoms with E-state index in [0.717, 1.165) is 0 Å². The minimum Gasteiger partial charge on any atom is -0.272 e. The summed E-state index contributed by atoms with van der Waals surface area (Å²) >= 11 is 0. The zero-order valence-corrected chi connectivity index (χ0v) is 6.57. The second-order valence-corrected chi connectivity index (χ2v) is 2.68. The molecule has 1 N–H and O–H groups in total. The molecule has 0 radical (unpaired) electrons. The number of nitrogens with one attached hydrogen (secondary N) is 1. The van der Waals surface area contributed by atoms with Crippen LogP contribution in [0.15, 0.2) is 4.99 Å². The molecule has 0 rings (SSSR count). The van der Waals surface area contributed by atoms with E-state index in [1.807, 2.05) is 0 Å². The minimum absolute atomic E-state index is 0.0602. The highest BCUT2D eigenvalue weighted by Gasteiger charge is 2.04. The van der Waals surface area contributed by atoms with Crippen LogP contribution in [0.4, 0.5) is 3.89 Å². The van der Waals surface area contributed by atoms with E-state index in [9.17, 15) is 12.3 Å². The topological polar surface area (TPSA) is 58.5 Å². The molecule has 0 aromatic rings. The molecule has 60 valence electrons. The first-order chi connectivity index (χ1) is 4.45. The zero-order valence-electron chi connectivity index (χ0n) is 5.76. The second-order valence-electron chi connectivity index (χ2n) is 1.60. The summed E-state index contributed by atoms with van der Waals surface area (Å²) in [6.45, 7) is 3.52. The lowest BCUT2D eigenvalue weighted by Crippen LogP contribution is -2.24. The first-order valence-corrected chi connectivity index (χ1v) is 4.07. The predicted molar refractivity (Wildman–Crippen MR) is 36.8 cm³/mol. The Bertz CT molecular complexity index is 221. The maximum Gasteiger partial charge on any atom is 0.397 e. The third kappa shape index (κ3) is 5.49. The lowest BCUT2D eigenvalue weighted by atomic mass is 10.7. The number of aliphatic imine (C=N–C) groups is 1. The monoisotopic (exact) mass is 168 g/mol. The van der Waals surface area contributed by atoms with Crippen molar-refractivity contribution in [1.82, 2.24) is 4.72 Å². The van der Waals surface area contributed by atoms with E-state index in [4.69, 9.17) is 0 Å². The third-order valence-electron chi connectivity index (χ3n) is 0.665. The largest absolute Gasteiger partial charge is 0.397 e. The van der Waals surface area contributed by atoms with Crippen molar-refractivity contribution < 1.29 is 12.3 Å². The third-order valence-corrected chi connectivity index (χ3v) is 1.20. The number of halogens is 1. The molecule has 0 aromatic heterocycles. The molecule has 0 fully saturated rings. The fourth-order valence-electron chi connectivity index (χ4n) is 0.446. The fourth-order valence-corrected chi connectivity index (χ4v) is 0.863. The van der Waals surface area contributed by atoms with Crippen LogP contribution in [0.3, 0.4) is 0 Å². The van der Waals surface area contributed by atoms with Crippen LogP contribution >= 0.6 is 0 Å². The summed E-state index contributed by atoms with van der Waals surface area (Å²) in [5, 5.41) is 0. The molecule has 0 aliphatic rings. The van der Waals surface area contributed by atoms with Gasteiger partial charge in [0.25, 0.3) is 0 Å². The molecule has 0 amide bonds. The Hall–Kier alpha value is -0.650. The van der Waals surface area contributed by atoms with E-state index in [-0.39, 0.29) is 5.84 Å². The molecule has 0 spiro atoms. The Balaban J connectivity index is 4.05. The van der Waals surface area contributed by atoms with Gasteiger partial charge in [-0.3, -0.25) is 4.99 Å². The summed E-state index contributed by atoms with van der Waals surface area (Å²) in [6.07, 6.45) is 0. The molecule has 0 unspecified atom stereocenters. The van der Waals surface area contributed by atoms with Crippen LogP contribution in [0.1, 0.15) is 13.8 Å². The van der Waals surface area contributed by atoms with E-state index in [0.29, 0.717) is 6.54 Å². The van der Waals surface area contributed by atoms with Gasteiger partial charge in [-0.2, -0.15) is 8.42 Å². The maximum absolute atomic E-state index is 11.7. The highest BCUT2D eigenvalue weighted by Crippen LogP contribution is 1.83. The van der Waals surface area contributed by atoms with Gasteiger partial charge in [-0.25, -0.2) is 4.72 Å². The van der Waals surface area contributed by atoms with Crippen LogP contribution in [0.25, 0.3) is 0 Å². The minimum atomic E-state index is -4.63. The molecule has 0 saturated carbocycles. The molecule has 0 bridgehead atoms. The molecule has 4 nitrogen and oxygen atoms in total. The van der Waals surface area contributed by atoms with Gasteiger partial charge < -0.3 is 0 Å². The van der Waals surface area contributed by atoms with Crippen molar-refractivity contribution in [2.45, 2.75) is 13.8 Å². The van der Waals surface area contributed by atoms with E-state index in [1.165, 1.54) is 6.92 Å². The quantitative estimate of drug-likeness (QED) is 0.364. The smallest absolute Gasteiger partial charge is 0.272 e. The number of hydrogen-bond donors (Lipinski definition) is 1. The summed E-state index contributed by atoms with van der Waals surface area (Å²) in [4.78, 5) is 3.60. The van der Waals surface area contributed by atoms with Crippen molar-refractivity contribution in [1.29, 1.82) is 0 Å². The first kappa shape index (κ1) is 9.35. The van der Waals surface area contributed by atoms with Gasteiger partial charge >= 0.3 is 10.4 Å². The van der Waals surface area contributed by atoms with Crippen molar-refractivity contribution in [3.8, 4) is 0 Å². The summed E-state index contributed by atoms with van der Waals surface area (Å²) in [7, 11) is -4.63. The van der Waals surface area contributed by atoms with Gasteiger partial charge in [0.1, 0.15) is 5.84 Å². The Labute approximate surface area is 59.5 Å². The summed E-state index contributed by atoms with van der Waals surface area (Å²) < 4.78 is 33.0. The van der Waals surface area contributed by atoms with Gasteiger partial charge in [-0.05, 0) is 13.8 Å². The highest BCUT2D eigenvalue weighted by molar-refractivity contribution is 7.84. The zero-order chi connectivity index (χ0) is 8.20. The maximum atomic E-state index is 11.7. The molecule has 0 heterocycles. The van der Waals surface area contributed by atoms with Crippen molar-refractivity contribution in [2.24, 2.45) is 4.99 Å². The van der Waals surface area contributed by atoms with Gasteiger partial charge in [0.15, 0.2) is 0 Å². The van der Waals surface area contributed by atoms with E-state index < -0.39 is 10.4 Å². The van der Waals surface area contributed by atoms with Crippen LogP contribution in [0, 0.1) is 0 Å². The normalized spacial score (nSPS) is 13.3. The molecule has 6 heteroatoms. The average molecular weight is 168 g/mol. The molecule has 0 aliphatic heterocycles. The van der Waals surface area contributed by atoms with Crippen molar-refractivity contribution in [3.05, 3.63) is 0 Å². The van der Waals surface area contributed by atoms with Gasteiger partial charge in [0.2, 0.25) is 0 Å². The van der Waals surface area contributed by atoms with E-state index >= 15 is 0 Å². The van der Waals surface area contributed by atoms with Crippen molar-refractivity contribution >= 4 is 16.2 Å². The lowest BCUT2D eigenvalue weighted by molar-refractivity contribution is 0.547. The second kappa shape index (κ2) is 3.50. The van der Waals surface area contributed by atoms with Gasteiger partial charge in [0, 0.05) is 6.54 Å². The molecular weight excluding hydrogens is 159 g/mol. The van der Waals surface area contributed by atoms with Gasteiger partial charge in [-0.15, -0.1) is 0 Å². The molecule has 0 aromatic carbocycles. The van der Waals surface area contributed by atoms with Crippen LogP contribution in [0.5, 0.6) is 0 Å². The standard InChI is InChI=1S/C4H9FN2O2S/c1-3-6-4(2)7-10(5,8)9/h3H2,1-2H3,(H,6,7). The number of rotatable bonds is 2. The highest BCUT2D eigenvalue weighted by atomic mass is 32.3. The van der Waals surface area contributed by atoms with Gasteiger partial charge in [0.05, 0.1) is 0 Å². The first-order valence-electron chi connectivity index (χ1n) is 2.69. The molecule has 10 heavy (non-hydrogen) atoms. The average Bonchev–Trinajstić information content (AvgIpc) is 1.59. The van der Waals surface area contributed by atoms with E-state index in [1.54, 1.807) is 11.6 Å². The van der Waals surface area contributed by atoms with Crippen molar-refractivity contribution in [3.63, 3.8) is 0 Å². The van der Waals surface area contributed by atoms with Crippen LogP contribution in [-0.2, 0) is 10.4 Å². The fraction of sp³-hybridized carbons (Fsp3) is 0.750. The summed E-state index contributed by atoms with van der Waals surface area (Å²) in [6, 6.07) is 0. The van der Waals surface area contributed by atoms with Crippen LogP contribution < -0.4 is 4.72 Å². The van der Waals surface area contributed by atoms with Gasteiger partial charge in [-0.1, -0.05) is 3.89 Å². The molecule has 0 saturated heterocycles. The number of hydrogen-bond acceptors (Lipinski definition) is 3. The summed E-state index contributed by atoms with van der Waals surface area (Å²) in [5.74, 6) is 0.0602. The van der Waals surface area contributed by atoms with Crippen LogP contribution in [0.2, 0.25) is 0 Å². The van der Waals surface area contributed by atoms with Crippen LogP contribution in [-0.4, -0.2) is 20.8 Å². The summed E-state index contributed by atoms with van der Waals surface area (Å²) in [5.41, 5.74) is 0. The molecular formula is C4H9FN2O2S. The Morgan fingerprint density at radius 2 is 2.20 bits per heavy atom. The molecule has 0 atom stereocenters.